The van der Waals surface area contributed by atoms with Gasteiger partial charge in [0.2, 0.25) is 0 Å². The summed E-state index contributed by atoms with van der Waals surface area (Å²) in [7, 11) is 1.66. The fourth-order valence-corrected chi connectivity index (χ4v) is 3.03. The highest BCUT2D eigenvalue weighted by atomic mass is 19.4. The van der Waals surface area contributed by atoms with Crippen LogP contribution in [0.5, 0.6) is 0 Å². The average Bonchev–Trinajstić information content (AvgIpc) is 2.70. The third-order valence-corrected chi connectivity index (χ3v) is 4.73. The zero-order valence-corrected chi connectivity index (χ0v) is 17.8. The summed E-state index contributed by atoms with van der Waals surface area (Å²) >= 11 is 0. The second-order valence-corrected chi connectivity index (χ2v) is 6.58. The van der Waals surface area contributed by atoms with E-state index in [1.54, 1.807) is 39.6 Å². The highest BCUT2D eigenvalue weighted by molar-refractivity contribution is 5.65. The Morgan fingerprint density at radius 2 is 1.32 bits per heavy atom. The van der Waals surface area contributed by atoms with E-state index < -0.39 is 30.0 Å². The molecule has 2 rings (SSSR count). The Hall–Kier alpha value is -3.17. The number of halogens is 3. The molecule has 0 amide bonds. The number of nitrogens with zero attached hydrogens (tertiary/aromatic N) is 1. The summed E-state index contributed by atoms with van der Waals surface area (Å²) in [5, 5.41) is 0. The maximum atomic E-state index is 13.0. The molecule has 7 nitrogen and oxygen atoms in total. The molecule has 0 atom stereocenters. The Balaban J connectivity index is 2.59. The number of allylic oxidation sites excluding steroid dienone is 2. The van der Waals surface area contributed by atoms with Crippen molar-refractivity contribution < 1.29 is 41.7 Å². The van der Waals surface area contributed by atoms with E-state index in [9.17, 15) is 22.8 Å². The molecule has 0 N–H and O–H groups in total. The van der Waals surface area contributed by atoms with Crippen molar-refractivity contribution in [1.82, 2.24) is 4.90 Å². The molecular weight excluding hydrogens is 419 g/mol. The van der Waals surface area contributed by atoms with E-state index in [1.807, 2.05) is 0 Å². The van der Waals surface area contributed by atoms with Crippen LogP contribution < -0.4 is 0 Å². The number of ether oxygens (including phenoxy) is 4. The lowest BCUT2D eigenvalue weighted by molar-refractivity contribution is -0.137. The maximum Gasteiger partial charge on any atom is 0.513 e. The van der Waals surface area contributed by atoms with E-state index in [1.165, 1.54) is 12.1 Å². The zero-order valence-electron chi connectivity index (χ0n) is 17.8. The van der Waals surface area contributed by atoms with Crippen LogP contribution in [-0.2, 0) is 25.1 Å². The standard InChI is InChI=1S/C21H24F3NO6/c1-6-28-19(26)30-17-12(3)25(5)13(4)18(31-20(27)29-7-2)16(17)14-8-10-15(11-9-14)21(22,23)24/h8-11,16H,6-7H2,1-5H3. The number of rotatable bonds is 5. The minimum absolute atomic E-state index is 0.0607. The molecule has 10 heteroatoms. The maximum absolute atomic E-state index is 13.0. The van der Waals surface area contributed by atoms with Crippen LogP contribution in [0.15, 0.2) is 47.2 Å². The lowest BCUT2D eigenvalue weighted by atomic mass is 9.89. The van der Waals surface area contributed by atoms with Crippen LogP contribution in [0.2, 0.25) is 0 Å². The Morgan fingerprint density at radius 1 is 0.903 bits per heavy atom. The molecule has 0 unspecified atom stereocenters. The first-order valence-electron chi connectivity index (χ1n) is 9.52. The van der Waals surface area contributed by atoms with Gasteiger partial charge in [0.05, 0.1) is 30.2 Å². The number of carbonyl (C=O) groups excluding carboxylic acids is 2. The lowest BCUT2D eigenvalue weighted by Gasteiger charge is -2.35. The van der Waals surface area contributed by atoms with Gasteiger partial charge in [0.15, 0.2) is 0 Å². The van der Waals surface area contributed by atoms with Crippen LogP contribution in [-0.4, -0.2) is 37.5 Å². The van der Waals surface area contributed by atoms with Crippen molar-refractivity contribution in [2.45, 2.75) is 39.8 Å². The van der Waals surface area contributed by atoms with Gasteiger partial charge in [-0.1, -0.05) is 12.1 Å². The van der Waals surface area contributed by atoms with Crippen LogP contribution in [0, 0.1) is 0 Å². The number of hydrogen-bond acceptors (Lipinski definition) is 7. The normalized spacial score (nSPS) is 15.2. The van der Waals surface area contributed by atoms with Crippen LogP contribution in [0.3, 0.4) is 0 Å². The van der Waals surface area contributed by atoms with Gasteiger partial charge in [-0.3, -0.25) is 0 Å². The van der Waals surface area contributed by atoms with E-state index in [-0.39, 0.29) is 24.7 Å². The summed E-state index contributed by atoms with van der Waals surface area (Å²) < 4.78 is 59.5. The molecule has 1 aromatic rings. The number of hydrogen-bond donors (Lipinski definition) is 0. The van der Waals surface area contributed by atoms with Crippen molar-refractivity contribution >= 4 is 12.3 Å². The average molecular weight is 443 g/mol. The Bertz CT molecular complexity index is 845. The predicted octanol–water partition coefficient (Wildman–Crippen LogP) is 5.54. The first-order chi connectivity index (χ1) is 14.5. The molecule has 1 aliphatic heterocycles. The second-order valence-electron chi connectivity index (χ2n) is 6.58. The third-order valence-electron chi connectivity index (χ3n) is 4.73. The summed E-state index contributed by atoms with van der Waals surface area (Å²) in [5.41, 5.74) is 0.461. The molecule has 1 aromatic carbocycles. The number of carbonyl (C=O) groups is 2. The van der Waals surface area contributed by atoms with E-state index in [4.69, 9.17) is 18.9 Å². The van der Waals surface area contributed by atoms with E-state index >= 15 is 0 Å². The van der Waals surface area contributed by atoms with Crippen LogP contribution in [0.4, 0.5) is 22.8 Å². The summed E-state index contributed by atoms with van der Waals surface area (Å²) in [4.78, 5) is 25.7. The molecule has 0 saturated heterocycles. The molecule has 0 spiro atoms. The topological polar surface area (TPSA) is 74.3 Å². The van der Waals surface area contributed by atoms with Crippen molar-refractivity contribution in [2.75, 3.05) is 20.3 Å². The monoisotopic (exact) mass is 443 g/mol. The van der Waals surface area contributed by atoms with E-state index in [0.717, 1.165) is 12.1 Å². The fourth-order valence-electron chi connectivity index (χ4n) is 3.03. The van der Waals surface area contributed by atoms with Crippen molar-refractivity contribution in [3.8, 4) is 0 Å². The quantitative estimate of drug-likeness (QED) is 0.553. The first kappa shape index (κ1) is 24.1. The molecule has 1 aliphatic rings. The van der Waals surface area contributed by atoms with E-state index in [2.05, 4.69) is 0 Å². The zero-order chi connectivity index (χ0) is 23.3. The molecule has 0 bridgehead atoms. The molecule has 170 valence electrons. The minimum Gasteiger partial charge on any atom is -0.434 e. The molecule has 0 aliphatic carbocycles. The summed E-state index contributed by atoms with van der Waals surface area (Å²) in [6.45, 7) is 6.65. The van der Waals surface area contributed by atoms with Gasteiger partial charge in [-0.25, -0.2) is 9.59 Å². The van der Waals surface area contributed by atoms with E-state index in [0.29, 0.717) is 17.0 Å². The highest BCUT2D eigenvalue weighted by Gasteiger charge is 2.38. The fraction of sp³-hybridized carbons (Fsp3) is 0.429. The van der Waals surface area contributed by atoms with Gasteiger partial charge in [0.1, 0.15) is 17.4 Å². The predicted molar refractivity (Wildman–Crippen MR) is 104 cm³/mol. The van der Waals surface area contributed by atoms with Gasteiger partial charge in [-0.2, -0.15) is 13.2 Å². The van der Waals surface area contributed by atoms with Crippen LogP contribution in [0.25, 0.3) is 0 Å². The van der Waals surface area contributed by atoms with Gasteiger partial charge in [0.25, 0.3) is 0 Å². The molecule has 0 fully saturated rings. The third kappa shape index (κ3) is 5.50. The smallest absolute Gasteiger partial charge is 0.434 e. The highest BCUT2D eigenvalue weighted by Crippen LogP contribution is 2.43. The Morgan fingerprint density at radius 3 is 1.68 bits per heavy atom. The van der Waals surface area contributed by atoms with Gasteiger partial charge < -0.3 is 23.8 Å². The second kappa shape index (κ2) is 9.76. The van der Waals surface area contributed by atoms with Crippen molar-refractivity contribution in [3.63, 3.8) is 0 Å². The SMILES string of the molecule is CCOC(=O)OC1=C(C)N(C)C(C)=C(OC(=O)OCC)C1c1ccc(C(F)(F)F)cc1. The molecule has 0 radical (unpaired) electrons. The summed E-state index contributed by atoms with van der Waals surface area (Å²) in [6, 6.07) is 4.29. The first-order valence-corrected chi connectivity index (χ1v) is 9.52. The van der Waals surface area contributed by atoms with Crippen molar-refractivity contribution in [1.29, 1.82) is 0 Å². The number of alkyl halides is 3. The molecule has 0 aromatic heterocycles. The van der Waals surface area contributed by atoms with Crippen molar-refractivity contribution in [2.24, 2.45) is 0 Å². The van der Waals surface area contributed by atoms with Gasteiger partial charge in [-0.15, -0.1) is 0 Å². The number of benzene rings is 1. The lowest BCUT2D eigenvalue weighted by Crippen LogP contribution is -2.30. The molecule has 1 heterocycles. The molecule has 0 saturated carbocycles. The minimum atomic E-state index is -4.52. The molecular formula is C21H24F3NO6. The van der Waals surface area contributed by atoms with Gasteiger partial charge in [-0.05, 0) is 45.4 Å². The van der Waals surface area contributed by atoms with Gasteiger partial charge >= 0.3 is 18.5 Å². The largest absolute Gasteiger partial charge is 0.513 e. The van der Waals surface area contributed by atoms with Crippen LogP contribution in [0.1, 0.15) is 44.7 Å². The summed E-state index contributed by atoms with van der Waals surface area (Å²) in [5.74, 6) is -0.858. The Labute approximate surface area is 178 Å². The van der Waals surface area contributed by atoms with Crippen LogP contribution >= 0.6 is 0 Å². The molecule has 31 heavy (non-hydrogen) atoms. The summed E-state index contributed by atoms with van der Waals surface area (Å²) in [6.07, 6.45) is -6.49. The van der Waals surface area contributed by atoms with Gasteiger partial charge in [0, 0.05) is 7.05 Å². The van der Waals surface area contributed by atoms with Crippen molar-refractivity contribution in [3.05, 3.63) is 58.3 Å². The Kier molecular flexibility index (Phi) is 7.59.